The van der Waals surface area contributed by atoms with Gasteiger partial charge < -0.3 is 10.5 Å². The fraction of sp³-hybridized carbons (Fsp3) is 0.286. The second-order valence-electron chi connectivity index (χ2n) is 2.49. The molecule has 82 valence electrons. The smallest absolute Gasteiger partial charge is 0.422 e. The summed E-state index contributed by atoms with van der Waals surface area (Å²) in [5, 5.41) is 0. The number of hydrogen-bond donors (Lipinski definition) is 1. The highest BCUT2D eigenvalue weighted by atomic mass is 32.1. The third-order valence-electron chi connectivity index (χ3n) is 1.25. The minimum Gasteiger partial charge on any atom is -0.454 e. The Hall–Kier alpha value is -1.44. The second-order valence-corrected chi connectivity index (χ2v) is 2.93. The minimum atomic E-state index is -4.43. The van der Waals surface area contributed by atoms with Gasteiger partial charge in [-0.25, -0.2) is 4.98 Å². The van der Waals surface area contributed by atoms with Gasteiger partial charge in [0.05, 0.1) is 0 Å². The third-order valence-corrected chi connectivity index (χ3v) is 1.46. The largest absolute Gasteiger partial charge is 0.454 e. The maximum Gasteiger partial charge on any atom is 0.422 e. The lowest BCUT2D eigenvalue weighted by molar-refractivity contribution is -0.154. The van der Waals surface area contributed by atoms with Gasteiger partial charge in [-0.15, -0.1) is 0 Å². The van der Waals surface area contributed by atoms with Gasteiger partial charge in [-0.1, -0.05) is 12.2 Å². The molecule has 1 rings (SSSR count). The van der Waals surface area contributed by atoms with Gasteiger partial charge in [0.15, 0.2) is 6.61 Å². The maximum atomic E-state index is 11.8. The van der Waals surface area contributed by atoms with Crippen LogP contribution in [0.3, 0.4) is 0 Å². The van der Waals surface area contributed by atoms with Crippen LogP contribution in [0.25, 0.3) is 0 Å². The monoisotopic (exact) mass is 237 g/mol. The molecule has 1 aromatic heterocycles. The Labute approximate surface area is 88.3 Å². The number of ether oxygens (including phenoxy) is 1. The Morgan fingerprint density at radius 1 is 1.53 bits per heavy atom. The van der Waals surface area contributed by atoms with Crippen LogP contribution in [0, 0.1) is 0 Å². The van der Waals surface area contributed by atoms with E-state index in [1.807, 2.05) is 0 Å². The van der Waals surface area contributed by atoms with E-state index in [1.54, 1.807) is 0 Å². The van der Waals surface area contributed by atoms with E-state index in [1.165, 1.54) is 12.3 Å². The van der Waals surface area contributed by atoms with Crippen molar-refractivity contribution in [3.63, 3.8) is 0 Å². The molecule has 0 unspecified atom stereocenters. The highest BCUT2D eigenvalue weighted by Gasteiger charge is 2.28. The molecule has 0 aliphatic rings. The fourth-order valence-corrected chi connectivity index (χ4v) is 0.808. The van der Waals surface area contributed by atoms with E-state index in [9.17, 15) is 13.2 Å². The number of aromatic nitrogens is 2. The summed E-state index contributed by atoms with van der Waals surface area (Å²) >= 11 is 4.59. The van der Waals surface area contributed by atoms with Crippen molar-refractivity contribution < 1.29 is 17.9 Å². The molecular formula is C7H6F3N3OS. The minimum absolute atomic E-state index is 0.0331. The van der Waals surface area contributed by atoms with Crippen LogP contribution in [-0.2, 0) is 0 Å². The van der Waals surface area contributed by atoms with Crippen LogP contribution in [0.1, 0.15) is 5.69 Å². The molecule has 0 radical (unpaired) electrons. The molecule has 0 aromatic carbocycles. The SMILES string of the molecule is NC(=S)c1ccnc(OCC(F)(F)F)n1. The molecule has 0 aliphatic heterocycles. The average molecular weight is 237 g/mol. The van der Waals surface area contributed by atoms with Crippen LogP contribution in [0.15, 0.2) is 12.3 Å². The molecule has 8 heteroatoms. The first-order valence-electron chi connectivity index (χ1n) is 3.71. The van der Waals surface area contributed by atoms with Crippen molar-refractivity contribution in [3.05, 3.63) is 18.0 Å². The zero-order valence-corrected chi connectivity index (χ0v) is 8.10. The van der Waals surface area contributed by atoms with Gasteiger partial charge in [0.1, 0.15) is 10.7 Å². The molecule has 0 amide bonds. The molecule has 0 saturated heterocycles. The van der Waals surface area contributed by atoms with Crippen LogP contribution < -0.4 is 10.5 Å². The summed E-state index contributed by atoms with van der Waals surface area (Å²) in [4.78, 5) is 7.02. The van der Waals surface area contributed by atoms with Gasteiger partial charge in [0.25, 0.3) is 0 Å². The molecule has 15 heavy (non-hydrogen) atoms. The van der Waals surface area contributed by atoms with Crippen molar-refractivity contribution >= 4 is 17.2 Å². The van der Waals surface area contributed by atoms with E-state index in [2.05, 4.69) is 26.9 Å². The summed E-state index contributed by atoms with van der Waals surface area (Å²) in [5.74, 6) is 0. The van der Waals surface area contributed by atoms with E-state index in [0.717, 1.165) is 0 Å². The standard InChI is InChI=1S/C7H6F3N3OS/c8-7(9,10)3-14-6-12-2-1-4(13-6)5(11)15/h1-2H,3H2,(H2,11,15). The van der Waals surface area contributed by atoms with E-state index in [0.29, 0.717) is 0 Å². The Bertz CT molecular complexity index is 369. The topological polar surface area (TPSA) is 61.0 Å². The van der Waals surface area contributed by atoms with Gasteiger partial charge in [-0.05, 0) is 6.07 Å². The van der Waals surface area contributed by atoms with Crippen LogP contribution in [0.5, 0.6) is 6.01 Å². The number of nitrogens with two attached hydrogens (primary N) is 1. The van der Waals surface area contributed by atoms with Crippen molar-refractivity contribution in [3.8, 4) is 6.01 Å². The number of thiocarbonyl (C=S) groups is 1. The number of nitrogens with zero attached hydrogens (tertiary/aromatic N) is 2. The summed E-state index contributed by atoms with van der Waals surface area (Å²) in [7, 11) is 0. The molecule has 0 fully saturated rings. The highest BCUT2D eigenvalue weighted by molar-refractivity contribution is 7.80. The Kier molecular flexibility index (Phi) is 3.40. The number of halogens is 3. The maximum absolute atomic E-state index is 11.8. The zero-order chi connectivity index (χ0) is 11.5. The van der Waals surface area contributed by atoms with Crippen molar-refractivity contribution in [2.75, 3.05) is 6.61 Å². The summed E-state index contributed by atoms with van der Waals surface area (Å²) < 4.78 is 39.6. The number of rotatable bonds is 3. The summed E-state index contributed by atoms with van der Waals surface area (Å²) in [6, 6.07) is 0.973. The van der Waals surface area contributed by atoms with Crippen LogP contribution in [0.4, 0.5) is 13.2 Å². The molecular weight excluding hydrogens is 231 g/mol. The van der Waals surface area contributed by atoms with E-state index in [-0.39, 0.29) is 10.7 Å². The molecule has 0 saturated carbocycles. The number of hydrogen-bond acceptors (Lipinski definition) is 4. The van der Waals surface area contributed by atoms with Gasteiger partial charge in [0, 0.05) is 6.20 Å². The molecule has 0 spiro atoms. The first-order chi connectivity index (χ1) is 6.88. The second kappa shape index (κ2) is 4.39. The number of alkyl halides is 3. The molecule has 1 heterocycles. The first kappa shape index (κ1) is 11.6. The lowest BCUT2D eigenvalue weighted by Crippen LogP contribution is -2.21. The van der Waals surface area contributed by atoms with Crippen LogP contribution in [-0.4, -0.2) is 27.7 Å². The van der Waals surface area contributed by atoms with Gasteiger partial charge >= 0.3 is 12.2 Å². The fourth-order valence-electron chi connectivity index (χ4n) is 0.694. The zero-order valence-electron chi connectivity index (χ0n) is 7.28. The molecule has 4 nitrogen and oxygen atoms in total. The first-order valence-corrected chi connectivity index (χ1v) is 4.12. The van der Waals surface area contributed by atoms with Crippen LogP contribution >= 0.6 is 12.2 Å². The van der Waals surface area contributed by atoms with E-state index < -0.39 is 18.8 Å². The lowest BCUT2D eigenvalue weighted by Gasteiger charge is -2.07. The average Bonchev–Trinajstić information content (AvgIpc) is 2.14. The Morgan fingerprint density at radius 3 is 2.73 bits per heavy atom. The van der Waals surface area contributed by atoms with E-state index in [4.69, 9.17) is 5.73 Å². The lowest BCUT2D eigenvalue weighted by atomic mass is 10.4. The predicted molar refractivity (Wildman–Crippen MR) is 49.5 cm³/mol. The van der Waals surface area contributed by atoms with Gasteiger partial charge in [-0.2, -0.15) is 18.2 Å². The summed E-state index contributed by atoms with van der Waals surface area (Å²) in [5.41, 5.74) is 5.39. The Morgan fingerprint density at radius 2 is 2.20 bits per heavy atom. The van der Waals surface area contributed by atoms with E-state index >= 15 is 0 Å². The van der Waals surface area contributed by atoms with Crippen LogP contribution in [0.2, 0.25) is 0 Å². The molecule has 2 N–H and O–H groups in total. The van der Waals surface area contributed by atoms with Crippen molar-refractivity contribution in [1.29, 1.82) is 0 Å². The normalized spacial score (nSPS) is 11.1. The van der Waals surface area contributed by atoms with Crippen molar-refractivity contribution in [1.82, 2.24) is 9.97 Å². The molecule has 1 aromatic rings. The molecule has 0 aliphatic carbocycles. The quantitative estimate of drug-likeness (QED) is 0.796. The molecule has 0 atom stereocenters. The van der Waals surface area contributed by atoms with Gasteiger partial charge in [0.2, 0.25) is 0 Å². The van der Waals surface area contributed by atoms with Crippen molar-refractivity contribution in [2.45, 2.75) is 6.18 Å². The molecule has 0 bridgehead atoms. The third kappa shape index (κ3) is 4.07. The Balaban J connectivity index is 2.70. The summed E-state index contributed by atoms with van der Waals surface area (Å²) in [6.07, 6.45) is -3.21. The highest BCUT2D eigenvalue weighted by Crippen LogP contribution is 2.15. The predicted octanol–water partition coefficient (Wildman–Crippen LogP) is 1.05. The summed E-state index contributed by atoms with van der Waals surface area (Å²) in [6.45, 7) is -1.45. The van der Waals surface area contributed by atoms with Crippen molar-refractivity contribution in [2.24, 2.45) is 5.73 Å². The van der Waals surface area contributed by atoms with Gasteiger partial charge in [-0.3, -0.25) is 0 Å².